The van der Waals surface area contributed by atoms with E-state index in [1.54, 1.807) is 4.31 Å². The predicted molar refractivity (Wildman–Crippen MR) is 81.8 cm³/mol. The molecule has 1 aliphatic heterocycles. The van der Waals surface area contributed by atoms with Crippen LogP contribution in [0.2, 0.25) is 0 Å². The number of rotatable bonds is 6. The molecule has 1 heterocycles. The van der Waals surface area contributed by atoms with E-state index in [2.05, 4.69) is 5.32 Å². The van der Waals surface area contributed by atoms with E-state index in [0.717, 1.165) is 17.9 Å². The van der Waals surface area contributed by atoms with Crippen molar-refractivity contribution in [1.29, 1.82) is 0 Å². The summed E-state index contributed by atoms with van der Waals surface area (Å²) >= 11 is 0. The van der Waals surface area contributed by atoms with Crippen molar-refractivity contribution in [1.82, 2.24) is 9.62 Å². The molecule has 5 nitrogen and oxygen atoms in total. The maximum absolute atomic E-state index is 12.5. The third-order valence-corrected chi connectivity index (χ3v) is 5.80. The highest BCUT2D eigenvalue weighted by atomic mass is 32.2. The Morgan fingerprint density at radius 2 is 2.10 bits per heavy atom. The summed E-state index contributed by atoms with van der Waals surface area (Å²) in [4.78, 5) is 0. The molecular weight excluding hydrogens is 288 g/mol. The normalized spacial score (nSPS) is 19.6. The summed E-state index contributed by atoms with van der Waals surface area (Å²) in [5.41, 5.74) is 0.940. The monoisotopic (exact) mass is 310 g/mol. The number of nitrogens with zero attached hydrogens (tertiary/aromatic N) is 1. The first kappa shape index (κ1) is 14.8. The molecule has 0 aromatic heterocycles. The Morgan fingerprint density at radius 3 is 2.90 bits per heavy atom. The molecule has 0 amide bonds. The Bertz CT molecular complexity index is 584. The number of benzene rings is 1. The third-order valence-electron chi connectivity index (χ3n) is 3.90. The molecule has 1 aromatic rings. The van der Waals surface area contributed by atoms with Crippen LogP contribution >= 0.6 is 0 Å². The molecule has 3 rings (SSSR count). The number of para-hydroxylation sites is 1. The molecule has 1 aromatic carbocycles. The smallest absolute Gasteiger partial charge is 0.214 e. The molecule has 0 radical (unpaired) electrons. The molecule has 21 heavy (non-hydrogen) atoms. The summed E-state index contributed by atoms with van der Waals surface area (Å²) in [7, 11) is -3.21. The molecule has 1 fully saturated rings. The summed E-state index contributed by atoms with van der Waals surface area (Å²) in [6, 6.07) is 8.28. The first-order chi connectivity index (χ1) is 10.1. The topological polar surface area (TPSA) is 58.6 Å². The van der Waals surface area contributed by atoms with Crippen LogP contribution < -0.4 is 10.1 Å². The fourth-order valence-corrected chi connectivity index (χ4v) is 3.97. The van der Waals surface area contributed by atoms with Gasteiger partial charge in [0.1, 0.15) is 12.4 Å². The number of hydrogen-bond donors (Lipinski definition) is 1. The number of hydrogen-bond acceptors (Lipinski definition) is 4. The third kappa shape index (κ3) is 3.96. The summed E-state index contributed by atoms with van der Waals surface area (Å²) in [6.07, 6.45) is 3.12. The van der Waals surface area contributed by atoms with Gasteiger partial charge in [-0.25, -0.2) is 8.42 Å². The molecule has 116 valence electrons. The highest BCUT2D eigenvalue weighted by molar-refractivity contribution is 7.89. The second-order valence-electron chi connectivity index (χ2n) is 5.69. The van der Waals surface area contributed by atoms with Crippen molar-refractivity contribution in [2.75, 3.05) is 25.4 Å². The molecule has 0 spiro atoms. The van der Waals surface area contributed by atoms with Crippen LogP contribution in [-0.2, 0) is 16.6 Å². The van der Waals surface area contributed by atoms with Crippen molar-refractivity contribution in [3.05, 3.63) is 29.8 Å². The molecule has 2 aliphatic rings. The van der Waals surface area contributed by atoms with Gasteiger partial charge in [0.2, 0.25) is 10.0 Å². The van der Waals surface area contributed by atoms with Crippen LogP contribution in [0.25, 0.3) is 0 Å². The van der Waals surface area contributed by atoms with Gasteiger partial charge in [-0.1, -0.05) is 18.2 Å². The fraction of sp³-hybridized carbons (Fsp3) is 0.600. The SMILES string of the molecule is O=S(=O)(CCCNC1CC1)N1CCOc2ccccc2C1. The molecule has 1 N–H and O–H groups in total. The lowest BCUT2D eigenvalue weighted by atomic mass is 10.2. The molecule has 0 saturated heterocycles. The maximum atomic E-state index is 12.5. The predicted octanol–water partition coefficient (Wildman–Crippen LogP) is 1.35. The van der Waals surface area contributed by atoms with E-state index in [0.29, 0.717) is 32.2 Å². The van der Waals surface area contributed by atoms with Crippen molar-refractivity contribution >= 4 is 10.0 Å². The van der Waals surface area contributed by atoms with Gasteiger partial charge in [-0.3, -0.25) is 0 Å². The molecule has 0 atom stereocenters. The first-order valence-electron chi connectivity index (χ1n) is 7.57. The van der Waals surface area contributed by atoms with Gasteiger partial charge >= 0.3 is 0 Å². The second kappa shape index (κ2) is 6.34. The van der Waals surface area contributed by atoms with Crippen molar-refractivity contribution in [2.45, 2.75) is 31.8 Å². The minimum absolute atomic E-state index is 0.203. The lowest BCUT2D eigenvalue weighted by Crippen LogP contribution is -2.35. The highest BCUT2D eigenvalue weighted by Crippen LogP contribution is 2.24. The Kier molecular flexibility index (Phi) is 4.47. The molecular formula is C15H22N2O3S. The first-order valence-corrected chi connectivity index (χ1v) is 9.18. The van der Waals surface area contributed by atoms with Crippen LogP contribution in [0.1, 0.15) is 24.8 Å². The Morgan fingerprint density at radius 1 is 1.29 bits per heavy atom. The van der Waals surface area contributed by atoms with Crippen LogP contribution in [0.4, 0.5) is 0 Å². The van der Waals surface area contributed by atoms with Crippen molar-refractivity contribution in [3.63, 3.8) is 0 Å². The summed E-state index contributed by atoms with van der Waals surface area (Å²) in [5.74, 6) is 1.00. The van der Waals surface area contributed by atoms with E-state index in [-0.39, 0.29) is 5.75 Å². The van der Waals surface area contributed by atoms with Gasteiger partial charge in [0.15, 0.2) is 0 Å². The zero-order valence-electron chi connectivity index (χ0n) is 12.1. The fourth-order valence-electron chi connectivity index (χ4n) is 2.52. The van der Waals surface area contributed by atoms with Crippen LogP contribution in [0, 0.1) is 0 Å². The number of fused-ring (bicyclic) bond motifs is 1. The van der Waals surface area contributed by atoms with Crippen molar-refractivity contribution in [2.24, 2.45) is 0 Å². The average Bonchev–Trinajstić information content (AvgIpc) is 3.29. The zero-order chi connectivity index (χ0) is 14.7. The minimum atomic E-state index is -3.21. The van der Waals surface area contributed by atoms with Gasteiger partial charge in [0, 0.05) is 24.7 Å². The Labute approximate surface area is 126 Å². The lowest BCUT2D eigenvalue weighted by molar-refractivity contribution is 0.293. The van der Waals surface area contributed by atoms with Crippen LogP contribution in [0.5, 0.6) is 5.75 Å². The van der Waals surface area contributed by atoms with Crippen molar-refractivity contribution < 1.29 is 13.2 Å². The number of nitrogens with one attached hydrogen (secondary N) is 1. The molecule has 1 saturated carbocycles. The summed E-state index contributed by atoms with van der Waals surface area (Å²) < 4.78 is 32.1. The molecule has 6 heteroatoms. The standard InChI is InChI=1S/C15H22N2O3S/c18-21(19,11-3-8-16-14-6-7-14)17-9-10-20-15-5-2-1-4-13(15)12-17/h1-2,4-5,14,16H,3,6-12H2. The van der Waals surface area contributed by atoms with Gasteiger partial charge < -0.3 is 10.1 Å². The van der Waals surface area contributed by atoms with Crippen LogP contribution in [-0.4, -0.2) is 44.2 Å². The van der Waals surface area contributed by atoms with E-state index in [4.69, 9.17) is 4.74 Å². The highest BCUT2D eigenvalue weighted by Gasteiger charge is 2.26. The average molecular weight is 310 g/mol. The number of sulfonamides is 1. The number of ether oxygens (including phenoxy) is 1. The molecule has 0 unspecified atom stereocenters. The van der Waals surface area contributed by atoms with E-state index >= 15 is 0 Å². The van der Waals surface area contributed by atoms with Gasteiger partial charge in [0.25, 0.3) is 0 Å². The van der Waals surface area contributed by atoms with Gasteiger partial charge in [0.05, 0.1) is 5.75 Å². The maximum Gasteiger partial charge on any atom is 0.214 e. The van der Waals surface area contributed by atoms with E-state index in [1.165, 1.54) is 12.8 Å². The zero-order valence-corrected chi connectivity index (χ0v) is 12.9. The Hall–Kier alpha value is -1.11. The molecule has 0 bridgehead atoms. The summed E-state index contributed by atoms with van der Waals surface area (Å²) in [6.45, 7) is 2.03. The van der Waals surface area contributed by atoms with E-state index < -0.39 is 10.0 Å². The van der Waals surface area contributed by atoms with Gasteiger partial charge in [-0.2, -0.15) is 4.31 Å². The second-order valence-corrected chi connectivity index (χ2v) is 7.78. The van der Waals surface area contributed by atoms with Crippen LogP contribution in [0.15, 0.2) is 24.3 Å². The van der Waals surface area contributed by atoms with Gasteiger partial charge in [-0.05, 0) is 31.9 Å². The van der Waals surface area contributed by atoms with E-state index in [9.17, 15) is 8.42 Å². The Balaban J connectivity index is 1.59. The van der Waals surface area contributed by atoms with E-state index in [1.807, 2.05) is 24.3 Å². The quantitative estimate of drug-likeness (QED) is 0.806. The minimum Gasteiger partial charge on any atom is -0.492 e. The van der Waals surface area contributed by atoms with Crippen molar-refractivity contribution in [3.8, 4) is 5.75 Å². The summed E-state index contributed by atoms with van der Waals surface area (Å²) in [5, 5.41) is 3.35. The van der Waals surface area contributed by atoms with Crippen LogP contribution in [0.3, 0.4) is 0 Å². The lowest BCUT2D eigenvalue weighted by Gasteiger charge is -2.19. The molecule has 1 aliphatic carbocycles. The van der Waals surface area contributed by atoms with Gasteiger partial charge in [-0.15, -0.1) is 0 Å². The largest absolute Gasteiger partial charge is 0.492 e.